The Hall–Kier alpha value is -0.230. The van der Waals surface area contributed by atoms with Crippen molar-refractivity contribution in [2.45, 2.75) is 43.9 Å². The smallest absolute Gasteiger partial charge is 0.138 e. The molecule has 0 radical (unpaired) electrons. The number of ether oxygens (including phenoxy) is 2. The van der Waals surface area contributed by atoms with Crippen molar-refractivity contribution in [2.75, 3.05) is 18.1 Å². The Kier molecular flexibility index (Phi) is 5.15. The molecule has 3 rings (SSSR count). The molecule has 3 nitrogen and oxygen atoms in total. The van der Waals surface area contributed by atoms with Crippen LogP contribution >= 0.6 is 27.7 Å². The van der Waals surface area contributed by atoms with Crippen LogP contribution in [0, 0.1) is 0 Å². The normalized spacial score (nSPS) is 25.0. The number of nitrogens with two attached hydrogens (primary N) is 1. The lowest BCUT2D eigenvalue weighted by Gasteiger charge is -2.43. The fourth-order valence-electron chi connectivity index (χ4n) is 3.19. The third-order valence-electron chi connectivity index (χ3n) is 4.40. The zero-order valence-corrected chi connectivity index (χ0v) is 14.5. The first kappa shape index (κ1) is 15.7. The largest absolute Gasteiger partial charge is 0.489 e. The number of hydrogen-bond acceptors (Lipinski definition) is 4. The van der Waals surface area contributed by atoms with E-state index in [2.05, 4.69) is 15.9 Å². The van der Waals surface area contributed by atoms with Crippen molar-refractivity contribution < 1.29 is 9.47 Å². The average Bonchev–Trinajstić information content (AvgIpc) is 2.50. The van der Waals surface area contributed by atoms with Crippen LogP contribution in [0.15, 0.2) is 22.7 Å². The average molecular weight is 372 g/mol. The second kappa shape index (κ2) is 6.90. The van der Waals surface area contributed by atoms with E-state index in [4.69, 9.17) is 15.2 Å². The standard InChI is InChI=1S/C16H22BrNO2S/c17-14-3-1-2-12(11-18)15(14)20-13-4-7-19-16(10-13)5-8-21-9-6-16/h1-3,13H,4-11,18H2. The Morgan fingerprint density at radius 3 is 2.95 bits per heavy atom. The van der Waals surface area contributed by atoms with Gasteiger partial charge in [0.05, 0.1) is 16.7 Å². The van der Waals surface area contributed by atoms with Gasteiger partial charge in [0, 0.05) is 24.9 Å². The third kappa shape index (κ3) is 3.58. The number of hydrogen-bond donors (Lipinski definition) is 1. The Morgan fingerprint density at radius 1 is 1.38 bits per heavy atom. The molecule has 2 aliphatic rings. The van der Waals surface area contributed by atoms with Gasteiger partial charge in [-0.2, -0.15) is 11.8 Å². The van der Waals surface area contributed by atoms with Gasteiger partial charge in [-0.15, -0.1) is 0 Å². The van der Waals surface area contributed by atoms with Gasteiger partial charge >= 0.3 is 0 Å². The van der Waals surface area contributed by atoms with Crippen molar-refractivity contribution in [1.82, 2.24) is 0 Å². The Bertz CT molecular complexity index is 486. The van der Waals surface area contributed by atoms with Gasteiger partial charge in [0.15, 0.2) is 0 Å². The second-order valence-corrected chi connectivity index (χ2v) is 7.89. The first-order chi connectivity index (χ1) is 10.2. The molecule has 0 aliphatic carbocycles. The maximum atomic E-state index is 6.32. The highest BCUT2D eigenvalue weighted by Crippen LogP contribution is 2.40. The van der Waals surface area contributed by atoms with E-state index in [1.165, 1.54) is 11.5 Å². The lowest BCUT2D eigenvalue weighted by Crippen LogP contribution is -2.46. The monoisotopic (exact) mass is 371 g/mol. The summed E-state index contributed by atoms with van der Waals surface area (Å²) in [5, 5.41) is 0. The topological polar surface area (TPSA) is 44.5 Å². The van der Waals surface area contributed by atoms with Crippen LogP contribution in [0.25, 0.3) is 0 Å². The van der Waals surface area contributed by atoms with E-state index in [1.54, 1.807) is 0 Å². The van der Waals surface area contributed by atoms with Crippen molar-refractivity contribution >= 4 is 27.7 Å². The van der Waals surface area contributed by atoms with Crippen LogP contribution in [0.2, 0.25) is 0 Å². The van der Waals surface area contributed by atoms with Gasteiger partial charge in [-0.1, -0.05) is 12.1 Å². The lowest BCUT2D eigenvalue weighted by molar-refractivity contribution is -0.116. The van der Waals surface area contributed by atoms with Gasteiger partial charge in [0.25, 0.3) is 0 Å². The molecule has 1 aromatic carbocycles. The quantitative estimate of drug-likeness (QED) is 0.878. The van der Waals surface area contributed by atoms with Gasteiger partial charge in [0.1, 0.15) is 11.9 Å². The molecule has 1 unspecified atom stereocenters. The van der Waals surface area contributed by atoms with E-state index in [0.717, 1.165) is 48.1 Å². The predicted molar refractivity (Wildman–Crippen MR) is 90.9 cm³/mol. The second-order valence-electron chi connectivity index (χ2n) is 5.81. The molecule has 2 saturated heterocycles. The van der Waals surface area contributed by atoms with E-state index in [9.17, 15) is 0 Å². The van der Waals surface area contributed by atoms with Gasteiger partial charge < -0.3 is 15.2 Å². The molecule has 1 atom stereocenters. The van der Waals surface area contributed by atoms with Crippen LogP contribution in [0.3, 0.4) is 0 Å². The number of halogens is 1. The van der Waals surface area contributed by atoms with Crippen molar-refractivity contribution in [3.05, 3.63) is 28.2 Å². The van der Waals surface area contributed by atoms with E-state index < -0.39 is 0 Å². The van der Waals surface area contributed by atoms with Crippen LogP contribution < -0.4 is 10.5 Å². The SMILES string of the molecule is NCc1cccc(Br)c1OC1CCOC2(CCSCC2)C1. The minimum Gasteiger partial charge on any atom is -0.489 e. The van der Waals surface area contributed by atoms with Crippen molar-refractivity contribution in [2.24, 2.45) is 5.73 Å². The molecule has 1 spiro atoms. The summed E-state index contributed by atoms with van der Waals surface area (Å²) >= 11 is 5.62. The molecule has 21 heavy (non-hydrogen) atoms. The Balaban J connectivity index is 1.73. The van der Waals surface area contributed by atoms with Crippen LogP contribution in [0.4, 0.5) is 0 Å². The molecule has 2 fully saturated rings. The molecule has 5 heteroatoms. The maximum absolute atomic E-state index is 6.32. The highest BCUT2D eigenvalue weighted by Gasteiger charge is 2.39. The van der Waals surface area contributed by atoms with Crippen molar-refractivity contribution in [3.8, 4) is 5.75 Å². The first-order valence-electron chi connectivity index (χ1n) is 7.58. The van der Waals surface area contributed by atoms with Gasteiger partial charge in [-0.3, -0.25) is 0 Å². The minimum absolute atomic E-state index is 0.0539. The highest BCUT2D eigenvalue weighted by atomic mass is 79.9. The van der Waals surface area contributed by atoms with Gasteiger partial charge in [-0.05, 0) is 46.3 Å². The van der Waals surface area contributed by atoms with E-state index in [1.807, 2.05) is 30.0 Å². The van der Waals surface area contributed by atoms with Gasteiger partial charge in [-0.25, -0.2) is 0 Å². The molecule has 0 aromatic heterocycles. The highest BCUT2D eigenvalue weighted by molar-refractivity contribution is 9.10. The van der Waals surface area contributed by atoms with E-state index >= 15 is 0 Å². The molecular formula is C16H22BrNO2S. The van der Waals surface area contributed by atoms with Crippen molar-refractivity contribution in [1.29, 1.82) is 0 Å². The minimum atomic E-state index is 0.0539. The van der Waals surface area contributed by atoms with Gasteiger partial charge in [0.2, 0.25) is 0 Å². The molecular weight excluding hydrogens is 350 g/mol. The molecule has 2 N–H and O–H groups in total. The zero-order chi connectivity index (χ0) is 14.7. The molecule has 0 saturated carbocycles. The fraction of sp³-hybridized carbons (Fsp3) is 0.625. The summed E-state index contributed by atoms with van der Waals surface area (Å²) in [5.41, 5.74) is 6.95. The van der Waals surface area contributed by atoms with Crippen LogP contribution in [-0.4, -0.2) is 29.8 Å². The summed E-state index contributed by atoms with van der Waals surface area (Å²) in [6, 6.07) is 6.05. The van der Waals surface area contributed by atoms with Crippen molar-refractivity contribution in [3.63, 3.8) is 0 Å². The summed E-state index contributed by atoms with van der Waals surface area (Å²) in [7, 11) is 0. The maximum Gasteiger partial charge on any atom is 0.138 e. The summed E-state index contributed by atoms with van der Waals surface area (Å²) in [6.07, 6.45) is 4.49. The Morgan fingerprint density at radius 2 is 2.19 bits per heavy atom. The number of thioether (sulfide) groups is 1. The van der Waals surface area contributed by atoms with E-state index in [-0.39, 0.29) is 11.7 Å². The summed E-state index contributed by atoms with van der Waals surface area (Å²) in [6.45, 7) is 1.30. The number of benzene rings is 1. The number of para-hydroxylation sites is 1. The van der Waals surface area contributed by atoms with Crippen LogP contribution in [0.1, 0.15) is 31.2 Å². The summed E-state index contributed by atoms with van der Waals surface area (Å²) in [5.74, 6) is 3.32. The molecule has 2 heterocycles. The summed E-state index contributed by atoms with van der Waals surface area (Å²) < 4.78 is 13.4. The predicted octanol–water partition coefficient (Wildman–Crippen LogP) is 3.73. The van der Waals surface area contributed by atoms with Crippen LogP contribution in [-0.2, 0) is 11.3 Å². The molecule has 1 aromatic rings. The van der Waals surface area contributed by atoms with Crippen LogP contribution in [0.5, 0.6) is 5.75 Å². The third-order valence-corrected chi connectivity index (χ3v) is 6.01. The first-order valence-corrected chi connectivity index (χ1v) is 9.53. The fourth-order valence-corrected chi connectivity index (χ4v) is 4.93. The molecule has 0 bridgehead atoms. The zero-order valence-electron chi connectivity index (χ0n) is 12.1. The Labute approximate surface area is 139 Å². The number of rotatable bonds is 3. The summed E-state index contributed by atoms with van der Waals surface area (Å²) in [4.78, 5) is 0. The lowest BCUT2D eigenvalue weighted by atomic mass is 9.86. The molecule has 116 valence electrons. The molecule has 2 aliphatic heterocycles. The van der Waals surface area contributed by atoms with E-state index in [0.29, 0.717) is 6.54 Å². The molecule has 0 amide bonds.